The molecule has 282 valence electrons. The van der Waals surface area contributed by atoms with Crippen molar-refractivity contribution in [3.63, 3.8) is 0 Å². The minimum absolute atomic E-state index is 0.0728. The van der Waals surface area contributed by atoms with Crippen molar-refractivity contribution in [3.05, 3.63) is 46.5 Å². The Labute approximate surface area is 303 Å². The monoisotopic (exact) mass is 735 g/mol. The van der Waals surface area contributed by atoms with Gasteiger partial charge in [-0.05, 0) is 44.0 Å². The summed E-state index contributed by atoms with van der Waals surface area (Å²) in [7, 11) is 5.95. The molecule has 0 aromatic heterocycles. The Kier molecular flexibility index (Phi) is 12.5. The van der Waals surface area contributed by atoms with Gasteiger partial charge in [0.25, 0.3) is 0 Å². The number of nitrogens with one attached hydrogen (secondary N) is 2. The first-order valence-electron chi connectivity index (χ1n) is 16.8. The molecular weight excluding hydrogens is 686 g/mol. The number of nitrogens with zero attached hydrogens (tertiary/aromatic N) is 1. The van der Waals surface area contributed by atoms with Crippen LogP contribution in [0, 0.1) is 11.8 Å². The molecule has 51 heavy (non-hydrogen) atoms. The maximum atomic E-state index is 14.1. The van der Waals surface area contributed by atoms with E-state index < -0.39 is 71.8 Å². The van der Waals surface area contributed by atoms with Crippen molar-refractivity contribution < 1.29 is 52.7 Å². The van der Waals surface area contributed by atoms with Crippen LogP contribution >= 0.6 is 11.6 Å². The van der Waals surface area contributed by atoms with Gasteiger partial charge in [0.05, 0.1) is 25.3 Å². The van der Waals surface area contributed by atoms with Gasteiger partial charge in [0.1, 0.15) is 46.8 Å². The highest BCUT2D eigenvalue weighted by molar-refractivity contribution is 6.35. The van der Waals surface area contributed by atoms with Gasteiger partial charge in [-0.15, -0.1) is 0 Å². The van der Waals surface area contributed by atoms with Gasteiger partial charge < -0.3 is 43.7 Å². The van der Waals surface area contributed by atoms with Crippen LogP contribution in [0.15, 0.2) is 35.9 Å². The van der Waals surface area contributed by atoms with Gasteiger partial charge >= 0.3 is 12.1 Å². The molecule has 2 fully saturated rings. The zero-order valence-electron chi connectivity index (χ0n) is 30.8. The maximum absolute atomic E-state index is 14.1. The first-order chi connectivity index (χ1) is 23.9. The number of carbonyl (C=O) groups excluding carboxylic acids is 4. The Morgan fingerprint density at radius 1 is 1.16 bits per heavy atom. The van der Waals surface area contributed by atoms with Gasteiger partial charge in [-0.1, -0.05) is 50.6 Å². The fraction of sp³-hybridized carbons (Fsp3) is 0.611. The van der Waals surface area contributed by atoms with Crippen molar-refractivity contribution in [1.29, 1.82) is 0 Å². The number of esters is 1. The Morgan fingerprint density at radius 2 is 1.84 bits per heavy atom. The summed E-state index contributed by atoms with van der Waals surface area (Å²) in [5.74, 6) is -2.20. The molecule has 0 spiro atoms. The van der Waals surface area contributed by atoms with E-state index in [1.54, 1.807) is 65.1 Å². The number of epoxide rings is 1. The van der Waals surface area contributed by atoms with Gasteiger partial charge in [0.15, 0.2) is 5.72 Å². The van der Waals surface area contributed by atoms with Crippen molar-refractivity contribution >= 4 is 41.2 Å². The summed E-state index contributed by atoms with van der Waals surface area (Å²) in [4.78, 5) is 54.1. The first kappa shape index (κ1) is 40.1. The summed E-state index contributed by atoms with van der Waals surface area (Å²) in [6, 6.07) is 2.40. The number of carbonyl (C=O) groups is 4. The quantitative estimate of drug-likeness (QED) is 0.273. The van der Waals surface area contributed by atoms with E-state index in [0.29, 0.717) is 17.0 Å². The van der Waals surface area contributed by atoms with Gasteiger partial charge in [0.2, 0.25) is 11.8 Å². The molecule has 14 nitrogen and oxygen atoms in total. The molecular formula is C36H50ClN3O11. The highest BCUT2D eigenvalue weighted by atomic mass is 35.5. The van der Waals surface area contributed by atoms with E-state index >= 15 is 0 Å². The normalized spacial score (nSPS) is 33.5. The molecule has 0 radical (unpaired) electrons. The third-order valence-electron chi connectivity index (χ3n) is 9.86. The zero-order valence-corrected chi connectivity index (χ0v) is 31.5. The molecule has 4 rings (SSSR count). The molecule has 9 atom stereocenters. The molecule has 0 saturated carbocycles. The van der Waals surface area contributed by atoms with Crippen molar-refractivity contribution in [1.82, 2.24) is 10.6 Å². The lowest BCUT2D eigenvalue weighted by molar-refractivity contribution is -0.157. The molecule has 2 saturated heterocycles. The molecule has 0 unspecified atom stereocenters. The van der Waals surface area contributed by atoms with Crippen LogP contribution in [0.1, 0.15) is 66.1 Å². The standard InChI is InChI=1S/C36H50ClN3O11/c1-18(2)32(42)38-21(5)33(43)50-27-16-28(41)40(7)23-14-22(15-24(46-8)29(23)37)30(48-10)19(3)12-11-13-26(47-9)36(45)17-25(49-34(44)39-36)20(4)31-35(27,6)51-31/h11-15,18,20-21,25-27,30-31,45H,16-17H2,1-10H3,(H,38,42)(H,39,44)/b13-11+,19-12+/t20-,21+,25+,26-,27+,30-,31+,35+,36+/m1/s1. The number of rotatable bonds is 7. The second-order valence-corrected chi connectivity index (χ2v) is 14.2. The van der Waals surface area contributed by atoms with Gasteiger partial charge in [0, 0.05) is 39.5 Å². The summed E-state index contributed by atoms with van der Waals surface area (Å²) >= 11 is 6.77. The fourth-order valence-electron chi connectivity index (χ4n) is 6.58. The van der Waals surface area contributed by atoms with Gasteiger partial charge in [-0.3, -0.25) is 14.9 Å². The van der Waals surface area contributed by atoms with Crippen LogP contribution in [-0.2, 0) is 38.1 Å². The fourth-order valence-corrected chi connectivity index (χ4v) is 6.89. The number of fused-ring (bicyclic) bond motifs is 5. The first-order valence-corrected chi connectivity index (χ1v) is 17.2. The number of hydrogen-bond acceptors (Lipinski definition) is 11. The molecule has 3 N–H and O–H groups in total. The third kappa shape index (κ3) is 8.52. The second-order valence-electron chi connectivity index (χ2n) is 13.9. The van der Waals surface area contributed by atoms with Crippen LogP contribution in [0.5, 0.6) is 5.75 Å². The lowest BCUT2D eigenvalue weighted by Crippen LogP contribution is -2.63. The number of hydrogen-bond donors (Lipinski definition) is 3. The molecule has 3 heterocycles. The topological polar surface area (TPSA) is 174 Å². The molecule has 4 bridgehead atoms. The summed E-state index contributed by atoms with van der Waals surface area (Å²) in [6.07, 6.45) is -0.457. The predicted octanol–water partition coefficient (Wildman–Crippen LogP) is 3.97. The van der Waals surface area contributed by atoms with Crippen molar-refractivity contribution in [2.24, 2.45) is 11.8 Å². The molecule has 3 aliphatic heterocycles. The van der Waals surface area contributed by atoms with Gasteiger partial charge in [-0.2, -0.15) is 0 Å². The van der Waals surface area contributed by atoms with Crippen molar-refractivity contribution in [3.8, 4) is 5.75 Å². The lowest BCUT2D eigenvalue weighted by Gasteiger charge is -2.42. The Hall–Kier alpha value is -3.69. The van der Waals surface area contributed by atoms with E-state index in [4.69, 9.17) is 40.0 Å². The van der Waals surface area contributed by atoms with Gasteiger partial charge in [-0.25, -0.2) is 9.59 Å². The van der Waals surface area contributed by atoms with Crippen LogP contribution in [0.3, 0.4) is 0 Å². The highest BCUT2D eigenvalue weighted by Gasteiger charge is 2.64. The zero-order chi connectivity index (χ0) is 38.0. The number of benzene rings is 1. The summed E-state index contributed by atoms with van der Waals surface area (Å²) < 4.78 is 34.9. The number of amides is 3. The average molecular weight is 736 g/mol. The summed E-state index contributed by atoms with van der Waals surface area (Å²) in [5, 5.41) is 17.0. The number of alkyl carbamates (subject to hydrolysis) is 1. The number of anilines is 1. The van der Waals surface area contributed by atoms with Crippen LogP contribution in [0.2, 0.25) is 5.02 Å². The maximum Gasteiger partial charge on any atom is 0.409 e. The van der Waals surface area contributed by atoms with Crippen molar-refractivity contribution in [2.75, 3.05) is 33.3 Å². The number of allylic oxidation sites excluding steroid dienone is 2. The largest absolute Gasteiger partial charge is 0.495 e. The lowest BCUT2D eigenvalue weighted by atomic mass is 9.83. The molecule has 1 aromatic rings. The molecule has 1 aromatic carbocycles. The van der Waals surface area contributed by atoms with E-state index in [0.717, 1.165) is 5.57 Å². The number of aliphatic hydroxyl groups is 1. The van der Waals surface area contributed by atoms with E-state index in [-0.39, 0.29) is 29.7 Å². The van der Waals surface area contributed by atoms with E-state index in [1.165, 1.54) is 33.2 Å². The third-order valence-corrected chi connectivity index (χ3v) is 10.2. The minimum atomic E-state index is -1.86. The molecule has 15 heteroatoms. The van der Waals surface area contributed by atoms with Crippen LogP contribution < -0.4 is 20.3 Å². The average Bonchev–Trinajstić information content (AvgIpc) is 3.77. The Balaban J connectivity index is 1.82. The Bertz CT molecular complexity index is 1570. The molecule has 0 aliphatic carbocycles. The SMILES string of the molecule is COc1cc2cc(c1Cl)N(C)C(=O)C[C@H](OC(=O)[C@H](C)NC(=O)C(C)C)[C@]1(C)O[C@H]1[C@H](C)[C@@H]1C[C@@](O)(NC(=O)O1)[C@H](OC)/C=C/C=C(\C)[C@H]2OC. The van der Waals surface area contributed by atoms with Crippen LogP contribution in [0.4, 0.5) is 10.5 Å². The van der Waals surface area contributed by atoms with Crippen LogP contribution in [0.25, 0.3) is 0 Å². The molecule has 3 aliphatic rings. The minimum Gasteiger partial charge on any atom is -0.495 e. The van der Waals surface area contributed by atoms with E-state index in [2.05, 4.69) is 10.6 Å². The number of halogens is 1. The number of ether oxygens (including phenoxy) is 6. The van der Waals surface area contributed by atoms with E-state index in [1.807, 2.05) is 6.92 Å². The van der Waals surface area contributed by atoms with Crippen LogP contribution in [-0.4, -0.2) is 99.1 Å². The second kappa shape index (κ2) is 15.9. The highest BCUT2D eigenvalue weighted by Crippen LogP contribution is 2.49. The number of methoxy groups -OCH3 is 3. The summed E-state index contributed by atoms with van der Waals surface area (Å²) in [6.45, 7) is 10.2. The summed E-state index contributed by atoms with van der Waals surface area (Å²) in [5.41, 5.74) is -1.39. The smallest absolute Gasteiger partial charge is 0.409 e. The molecule has 3 amide bonds. The Morgan fingerprint density at radius 3 is 2.45 bits per heavy atom. The van der Waals surface area contributed by atoms with E-state index in [9.17, 15) is 24.3 Å². The van der Waals surface area contributed by atoms with Crippen molar-refractivity contribution in [2.45, 2.75) is 102 Å². The predicted molar refractivity (Wildman–Crippen MR) is 187 cm³/mol.